The smallest absolute Gasteiger partial charge is 0.262 e. The van der Waals surface area contributed by atoms with E-state index < -0.39 is 5.91 Å². The highest BCUT2D eigenvalue weighted by Crippen LogP contribution is 2.35. The molecule has 0 aliphatic carbocycles. The first-order chi connectivity index (χ1) is 26.3. The first-order valence-electron chi connectivity index (χ1n) is 18.3. The summed E-state index contributed by atoms with van der Waals surface area (Å²) < 4.78 is 24.6. The zero-order valence-corrected chi connectivity index (χ0v) is 30.6. The molecule has 5 heterocycles. The summed E-state index contributed by atoms with van der Waals surface area (Å²) in [6, 6.07) is 18.7. The summed E-state index contributed by atoms with van der Waals surface area (Å²) in [7, 11) is 1.61. The maximum atomic E-state index is 13.7. The second kappa shape index (κ2) is 17.0. The van der Waals surface area contributed by atoms with Gasteiger partial charge in [-0.15, -0.1) is 10.2 Å². The molecule has 3 N–H and O–H groups in total. The molecule has 2 fully saturated rings. The molecule has 13 nitrogen and oxygen atoms in total. The van der Waals surface area contributed by atoms with Crippen LogP contribution in [0.1, 0.15) is 28.8 Å². The Hall–Kier alpha value is -5.63. The average Bonchev–Trinajstić information content (AvgIpc) is 3.20. The monoisotopic (exact) mass is 731 g/mol. The summed E-state index contributed by atoms with van der Waals surface area (Å²) in [5.41, 5.74) is 11.0. The maximum absolute atomic E-state index is 13.7. The van der Waals surface area contributed by atoms with Crippen molar-refractivity contribution in [1.29, 1.82) is 0 Å². The van der Waals surface area contributed by atoms with Crippen molar-refractivity contribution in [3.05, 3.63) is 101 Å². The van der Waals surface area contributed by atoms with E-state index in [1.807, 2.05) is 66.2 Å². The lowest BCUT2D eigenvalue weighted by Crippen LogP contribution is -2.38. The Morgan fingerprint density at radius 1 is 0.889 bits per heavy atom. The molecular weight excluding hydrogens is 686 g/mol. The van der Waals surface area contributed by atoms with Crippen molar-refractivity contribution in [2.75, 3.05) is 70.8 Å². The molecule has 0 atom stereocenters. The van der Waals surface area contributed by atoms with Crippen LogP contribution < -0.4 is 26.0 Å². The molecule has 1 amide bonds. The Bertz CT molecular complexity index is 2130. The summed E-state index contributed by atoms with van der Waals surface area (Å²) in [6.45, 7) is 8.70. The third-order valence-electron chi connectivity index (χ3n) is 9.86. The number of ether oxygens (including phenoxy) is 4. The molecule has 0 saturated carbocycles. The number of carbonyl (C=O) groups is 1. The van der Waals surface area contributed by atoms with E-state index in [4.69, 9.17) is 24.7 Å². The van der Waals surface area contributed by atoms with Gasteiger partial charge in [-0.1, -0.05) is 35.9 Å². The van der Waals surface area contributed by atoms with Crippen molar-refractivity contribution < 1.29 is 23.7 Å². The van der Waals surface area contributed by atoms with Gasteiger partial charge in [-0.25, -0.2) is 4.98 Å². The van der Waals surface area contributed by atoms with Crippen molar-refractivity contribution in [1.82, 2.24) is 24.6 Å². The van der Waals surface area contributed by atoms with Gasteiger partial charge in [0.2, 0.25) is 5.43 Å². The topological polar surface area (TPSA) is 156 Å². The number of morpholine rings is 1. The summed E-state index contributed by atoms with van der Waals surface area (Å²) in [4.78, 5) is 34.2. The molecule has 2 aliphatic rings. The van der Waals surface area contributed by atoms with Gasteiger partial charge in [0.05, 0.1) is 26.0 Å². The number of amides is 1. The highest BCUT2D eigenvalue weighted by Gasteiger charge is 2.21. The van der Waals surface area contributed by atoms with Crippen molar-refractivity contribution in [3.63, 3.8) is 0 Å². The van der Waals surface area contributed by atoms with Crippen molar-refractivity contribution in [2.24, 2.45) is 5.92 Å². The molecule has 13 heteroatoms. The molecule has 0 bridgehead atoms. The summed E-state index contributed by atoms with van der Waals surface area (Å²) in [5, 5.41) is 11.4. The minimum Gasteiger partial charge on any atom is -0.493 e. The van der Waals surface area contributed by atoms with E-state index in [1.165, 1.54) is 0 Å². The number of hydrogen-bond acceptors (Lipinski definition) is 11. The molecule has 5 aromatic rings. The fourth-order valence-corrected chi connectivity index (χ4v) is 6.70. The van der Waals surface area contributed by atoms with Gasteiger partial charge >= 0.3 is 0 Å². The molecular formula is C41H45N7O6. The number of methoxy groups -OCH3 is 1. The first-order valence-corrected chi connectivity index (χ1v) is 18.3. The van der Waals surface area contributed by atoms with Crippen LogP contribution in [-0.4, -0.2) is 90.3 Å². The van der Waals surface area contributed by atoms with Crippen LogP contribution in [0, 0.1) is 12.8 Å². The quantitative estimate of drug-likeness (QED) is 0.171. The number of aromatic nitrogens is 4. The normalized spacial score (nSPS) is 15.1. The van der Waals surface area contributed by atoms with Crippen LogP contribution in [0.25, 0.3) is 33.5 Å². The van der Waals surface area contributed by atoms with Gasteiger partial charge < -0.3 is 34.6 Å². The molecule has 0 radical (unpaired) electrons. The number of nitrogens with two attached hydrogens (primary N) is 1. The number of carbonyl (C=O) groups excluding carboxylic acids is 1. The number of nitrogen functional groups attached to an aromatic ring is 1. The van der Waals surface area contributed by atoms with Crippen LogP contribution in [0.2, 0.25) is 0 Å². The fourth-order valence-electron chi connectivity index (χ4n) is 6.70. The van der Waals surface area contributed by atoms with Crippen LogP contribution in [0.5, 0.6) is 11.5 Å². The second-order valence-electron chi connectivity index (χ2n) is 13.6. The minimum atomic E-state index is -0.567. The van der Waals surface area contributed by atoms with Crippen molar-refractivity contribution in [2.45, 2.75) is 26.3 Å². The molecule has 2 aliphatic heterocycles. The van der Waals surface area contributed by atoms with Gasteiger partial charge in [0.25, 0.3) is 5.91 Å². The third-order valence-corrected chi connectivity index (χ3v) is 9.86. The van der Waals surface area contributed by atoms with E-state index >= 15 is 0 Å². The lowest BCUT2D eigenvalue weighted by atomic mass is 9.99. The lowest BCUT2D eigenvalue weighted by Gasteiger charge is -2.26. The standard InChI is InChI=1S/C41H45N7O6/c1-27-3-5-29(6-4-27)33-25-48(24-28-11-16-52-17-12-28)26-34(39(33)49)41(50)44-38-10-8-35(45-46-38)32-21-31(23-43-40(32)42)30-7-9-36(37(22-30)51-2)54-20-15-47-13-18-53-19-14-47/h3-10,21-23,25-26,28H,11-20,24H2,1-2H3,(H2,42,43)(H,44,46,50). The number of aryl methyl sites for hydroxylation is 1. The van der Waals surface area contributed by atoms with Crippen LogP contribution >= 0.6 is 0 Å². The minimum absolute atomic E-state index is 0.0242. The van der Waals surface area contributed by atoms with Gasteiger partial charge in [0.15, 0.2) is 17.3 Å². The van der Waals surface area contributed by atoms with Gasteiger partial charge in [-0.05, 0) is 67.1 Å². The summed E-state index contributed by atoms with van der Waals surface area (Å²) >= 11 is 0. The van der Waals surface area contributed by atoms with Gasteiger partial charge in [0, 0.05) is 74.7 Å². The largest absolute Gasteiger partial charge is 0.493 e. The Morgan fingerprint density at radius 3 is 2.39 bits per heavy atom. The number of nitrogens with one attached hydrogen (secondary N) is 1. The van der Waals surface area contributed by atoms with E-state index in [0.29, 0.717) is 60.6 Å². The molecule has 3 aromatic heterocycles. The number of pyridine rings is 2. The molecule has 2 aromatic carbocycles. The van der Waals surface area contributed by atoms with Crippen molar-refractivity contribution in [3.8, 4) is 45.0 Å². The highest BCUT2D eigenvalue weighted by atomic mass is 16.5. The molecule has 0 unspecified atom stereocenters. The van der Waals surface area contributed by atoms with E-state index in [2.05, 4.69) is 25.4 Å². The zero-order chi connectivity index (χ0) is 37.4. The van der Waals surface area contributed by atoms with E-state index in [-0.39, 0.29) is 22.6 Å². The maximum Gasteiger partial charge on any atom is 0.262 e. The Labute approximate surface area is 314 Å². The number of hydrogen-bond donors (Lipinski definition) is 2. The molecule has 2 saturated heterocycles. The predicted molar refractivity (Wildman–Crippen MR) is 207 cm³/mol. The summed E-state index contributed by atoms with van der Waals surface area (Å²) in [5.74, 6) is 1.54. The zero-order valence-electron chi connectivity index (χ0n) is 30.6. The number of nitrogens with zero attached hydrogens (tertiary/aromatic N) is 5. The van der Waals surface area contributed by atoms with Crippen LogP contribution in [0.4, 0.5) is 11.6 Å². The molecule has 54 heavy (non-hydrogen) atoms. The third kappa shape index (κ3) is 8.76. The van der Waals surface area contributed by atoms with Crippen LogP contribution in [0.3, 0.4) is 0 Å². The SMILES string of the molecule is COc1cc(-c2cnc(N)c(-c3ccc(NC(=O)c4cn(CC5CCOCC5)cc(-c5ccc(C)cc5)c4=O)nn3)c2)ccc1OCCN1CCOCC1. The highest BCUT2D eigenvalue weighted by molar-refractivity contribution is 6.04. The second-order valence-corrected chi connectivity index (χ2v) is 13.6. The van der Waals surface area contributed by atoms with Crippen molar-refractivity contribution >= 4 is 17.5 Å². The Kier molecular flexibility index (Phi) is 11.6. The summed E-state index contributed by atoms with van der Waals surface area (Å²) in [6.07, 6.45) is 7.00. The van der Waals surface area contributed by atoms with Crippen LogP contribution in [-0.2, 0) is 16.0 Å². The van der Waals surface area contributed by atoms with Crippen LogP contribution in [0.15, 0.2) is 84.0 Å². The number of rotatable bonds is 12. The molecule has 7 rings (SSSR count). The molecule has 0 spiro atoms. The average molecular weight is 732 g/mol. The Morgan fingerprint density at radius 2 is 1.65 bits per heavy atom. The Balaban J connectivity index is 1.07. The first kappa shape index (κ1) is 36.7. The van der Waals surface area contributed by atoms with E-state index in [1.54, 1.807) is 31.6 Å². The number of benzene rings is 2. The van der Waals surface area contributed by atoms with E-state index in [9.17, 15) is 9.59 Å². The van der Waals surface area contributed by atoms with Gasteiger partial charge in [-0.3, -0.25) is 14.5 Å². The van der Waals surface area contributed by atoms with Gasteiger partial charge in [0.1, 0.15) is 18.0 Å². The predicted octanol–water partition coefficient (Wildman–Crippen LogP) is 5.32. The van der Waals surface area contributed by atoms with Gasteiger partial charge in [-0.2, -0.15) is 0 Å². The fraction of sp³-hybridized carbons (Fsp3) is 0.341. The molecule has 280 valence electrons. The van der Waals surface area contributed by atoms with E-state index in [0.717, 1.165) is 67.9 Å². The lowest BCUT2D eigenvalue weighted by molar-refractivity contribution is 0.0321. The number of anilines is 2.